The first kappa shape index (κ1) is 15.9. The minimum atomic E-state index is -0.535. The average Bonchev–Trinajstić information content (AvgIpc) is 2.79. The highest BCUT2D eigenvalue weighted by Gasteiger charge is 2.28. The number of hydrogen-bond acceptors (Lipinski definition) is 5. The van der Waals surface area contributed by atoms with E-state index in [0.29, 0.717) is 5.22 Å². The van der Waals surface area contributed by atoms with Crippen molar-refractivity contribution in [2.45, 2.75) is 56.2 Å². The van der Waals surface area contributed by atoms with Crippen LogP contribution >= 0.6 is 11.8 Å². The van der Waals surface area contributed by atoms with Crippen molar-refractivity contribution in [2.24, 2.45) is 0 Å². The number of nitrogens with zero attached hydrogens (tertiary/aromatic N) is 2. The summed E-state index contributed by atoms with van der Waals surface area (Å²) in [7, 11) is 0. The van der Waals surface area contributed by atoms with Gasteiger partial charge in [-0.3, -0.25) is 5.32 Å². The maximum atomic E-state index is 9.40. The van der Waals surface area contributed by atoms with E-state index in [1.54, 1.807) is 11.8 Å². The number of fused-ring (bicyclic) bond motifs is 1. The van der Waals surface area contributed by atoms with Gasteiger partial charge in [-0.25, -0.2) is 4.98 Å². The Morgan fingerprint density at radius 3 is 2.71 bits per heavy atom. The number of rotatable bonds is 6. The average molecular weight is 303 g/mol. The highest BCUT2D eigenvalue weighted by Crippen LogP contribution is 2.30. The molecule has 0 radical (unpaired) electrons. The van der Waals surface area contributed by atoms with Crippen molar-refractivity contribution < 1.29 is 4.42 Å². The van der Waals surface area contributed by atoms with Crippen molar-refractivity contribution in [2.75, 3.05) is 0 Å². The molecule has 0 aliphatic heterocycles. The minimum absolute atomic E-state index is 0.231. The lowest BCUT2D eigenvalue weighted by Gasteiger charge is -2.28. The molecule has 0 spiro atoms. The zero-order valence-corrected chi connectivity index (χ0v) is 13.7. The predicted octanol–water partition coefficient (Wildman–Crippen LogP) is 3.98. The predicted molar refractivity (Wildman–Crippen MR) is 86.2 cm³/mol. The fourth-order valence-electron chi connectivity index (χ4n) is 2.46. The molecule has 0 amide bonds. The van der Waals surface area contributed by atoms with Crippen LogP contribution in [0.25, 0.3) is 11.1 Å². The first-order chi connectivity index (χ1) is 9.92. The fraction of sp³-hybridized carbons (Fsp3) is 0.500. The molecular formula is C16H21N3OS. The van der Waals surface area contributed by atoms with E-state index in [0.717, 1.165) is 17.5 Å². The Balaban J connectivity index is 2.03. The van der Waals surface area contributed by atoms with Crippen LogP contribution in [-0.2, 0) is 0 Å². The highest BCUT2D eigenvalue weighted by molar-refractivity contribution is 7.99. The van der Waals surface area contributed by atoms with Gasteiger partial charge in [0.15, 0.2) is 5.58 Å². The SMILES string of the molecule is CC(C)NC(C)(C#N)CC(C)Sc1nc2ccccc2o1. The fourth-order valence-corrected chi connectivity index (χ4v) is 3.51. The molecule has 2 atom stereocenters. The number of thioether (sulfide) groups is 1. The lowest BCUT2D eigenvalue weighted by Crippen LogP contribution is -2.46. The summed E-state index contributed by atoms with van der Waals surface area (Å²) in [5.74, 6) is 0. The molecule has 1 aromatic carbocycles. The first-order valence-corrected chi connectivity index (χ1v) is 8.01. The van der Waals surface area contributed by atoms with Crippen LogP contribution in [0.2, 0.25) is 0 Å². The summed E-state index contributed by atoms with van der Waals surface area (Å²) in [6.45, 7) is 8.13. The molecule has 21 heavy (non-hydrogen) atoms. The third-order valence-corrected chi connectivity index (χ3v) is 4.07. The van der Waals surface area contributed by atoms with Gasteiger partial charge in [0.05, 0.1) is 6.07 Å². The van der Waals surface area contributed by atoms with Gasteiger partial charge < -0.3 is 4.42 Å². The van der Waals surface area contributed by atoms with E-state index >= 15 is 0 Å². The topological polar surface area (TPSA) is 61.9 Å². The third-order valence-electron chi connectivity index (χ3n) is 3.13. The molecule has 2 rings (SSSR count). The van der Waals surface area contributed by atoms with Gasteiger partial charge in [-0.05, 0) is 39.3 Å². The standard InChI is InChI=1S/C16H21N3OS/c1-11(2)19-16(4,10-17)9-12(3)21-15-18-13-7-5-6-8-14(13)20-15/h5-8,11-12,19H,9H2,1-4H3. The maximum absolute atomic E-state index is 9.40. The summed E-state index contributed by atoms with van der Waals surface area (Å²) in [6, 6.07) is 10.4. The molecule has 1 heterocycles. The number of benzene rings is 1. The van der Waals surface area contributed by atoms with Crippen LogP contribution in [0.3, 0.4) is 0 Å². The largest absolute Gasteiger partial charge is 0.431 e. The van der Waals surface area contributed by atoms with Crippen LogP contribution in [0.1, 0.15) is 34.1 Å². The van der Waals surface area contributed by atoms with Gasteiger partial charge in [0, 0.05) is 11.3 Å². The molecule has 1 aromatic heterocycles. The first-order valence-electron chi connectivity index (χ1n) is 7.13. The number of nitriles is 1. The van der Waals surface area contributed by atoms with E-state index in [1.165, 1.54) is 0 Å². The zero-order valence-electron chi connectivity index (χ0n) is 12.9. The summed E-state index contributed by atoms with van der Waals surface area (Å²) in [4.78, 5) is 4.46. The monoisotopic (exact) mass is 303 g/mol. The van der Waals surface area contributed by atoms with Gasteiger partial charge in [0.1, 0.15) is 11.1 Å². The number of para-hydroxylation sites is 2. The third kappa shape index (κ3) is 4.23. The Morgan fingerprint density at radius 1 is 1.38 bits per heavy atom. The molecule has 5 heteroatoms. The van der Waals surface area contributed by atoms with Gasteiger partial charge >= 0.3 is 0 Å². The zero-order chi connectivity index (χ0) is 15.5. The van der Waals surface area contributed by atoms with E-state index < -0.39 is 5.54 Å². The van der Waals surface area contributed by atoms with Crippen LogP contribution < -0.4 is 5.32 Å². The van der Waals surface area contributed by atoms with Crippen LogP contribution in [-0.4, -0.2) is 21.8 Å². The Hall–Kier alpha value is -1.51. The molecule has 4 nitrogen and oxygen atoms in total. The molecule has 112 valence electrons. The van der Waals surface area contributed by atoms with E-state index in [1.807, 2.05) is 45.0 Å². The summed E-state index contributed by atoms with van der Waals surface area (Å²) >= 11 is 1.57. The van der Waals surface area contributed by atoms with Gasteiger partial charge in [0.25, 0.3) is 5.22 Å². The normalized spacial score (nSPS) is 15.8. The molecule has 0 saturated carbocycles. The number of nitrogens with one attached hydrogen (secondary N) is 1. The van der Waals surface area contributed by atoms with Crippen LogP contribution in [0, 0.1) is 11.3 Å². The second-order valence-electron chi connectivity index (χ2n) is 5.82. The van der Waals surface area contributed by atoms with Crippen LogP contribution in [0.5, 0.6) is 0 Å². The Labute approximate surface area is 129 Å². The van der Waals surface area contributed by atoms with Crippen LogP contribution in [0.15, 0.2) is 33.9 Å². The van der Waals surface area contributed by atoms with Crippen molar-refractivity contribution in [3.05, 3.63) is 24.3 Å². The Kier molecular flexibility index (Phi) is 4.92. The second kappa shape index (κ2) is 6.50. The lowest BCUT2D eigenvalue weighted by molar-refractivity contribution is 0.381. The van der Waals surface area contributed by atoms with Gasteiger partial charge in [-0.2, -0.15) is 5.26 Å². The summed E-state index contributed by atoms with van der Waals surface area (Å²) in [5.41, 5.74) is 1.14. The minimum Gasteiger partial charge on any atom is -0.431 e. The lowest BCUT2D eigenvalue weighted by atomic mass is 9.97. The number of hydrogen-bond donors (Lipinski definition) is 1. The summed E-state index contributed by atoms with van der Waals surface area (Å²) < 4.78 is 5.72. The van der Waals surface area contributed by atoms with Gasteiger partial charge in [0.2, 0.25) is 0 Å². The summed E-state index contributed by atoms with van der Waals surface area (Å²) in [6.07, 6.45) is 0.727. The van der Waals surface area contributed by atoms with Gasteiger partial charge in [-0.1, -0.05) is 30.8 Å². The Morgan fingerprint density at radius 2 is 2.10 bits per heavy atom. The number of oxazole rings is 1. The van der Waals surface area contributed by atoms with E-state index in [9.17, 15) is 5.26 Å². The van der Waals surface area contributed by atoms with Crippen molar-refractivity contribution in [1.29, 1.82) is 5.26 Å². The molecule has 0 aliphatic rings. The molecule has 1 N–H and O–H groups in total. The quantitative estimate of drug-likeness (QED) is 0.818. The number of aromatic nitrogens is 1. The van der Waals surface area contributed by atoms with Crippen molar-refractivity contribution >= 4 is 22.9 Å². The molecular weight excluding hydrogens is 282 g/mol. The molecule has 0 saturated heterocycles. The van der Waals surface area contributed by atoms with Crippen molar-refractivity contribution in [1.82, 2.24) is 10.3 Å². The Bertz CT molecular complexity index is 613. The summed E-state index contributed by atoms with van der Waals surface area (Å²) in [5, 5.41) is 13.6. The van der Waals surface area contributed by atoms with E-state index in [4.69, 9.17) is 4.42 Å². The van der Waals surface area contributed by atoms with Crippen LogP contribution in [0.4, 0.5) is 0 Å². The molecule has 0 fully saturated rings. The van der Waals surface area contributed by atoms with Crippen molar-refractivity contribution in [3.8, 4) is 6.07 Å². The van der Waals surface area contributed by atoms with E-state index in [2.05, 4.69) is 23.3 Å². The molecule has 0 bridgehead atoms. The molecule has 0 aliphatic carbocycles. The molecule has 2 unspecified atom stereocenters. The smallest absolute Gasteiger partial charge is 0.256 e. The van der Waals surface area contributed by atoms with E-state index in [-0.39, 0.29) is 11.3 Å². The van der Waals surface area contributed by atoms with Gasteiger partial charge in [-0.15, -0.1) is 0 Å². The second-order valence-corrected chi connectivity index (χ2v) is 7.21. The molecule has 2 aromatic rings. The maximum Gasteiger partial charge on any atom is 0.256 e. The van der Waals surface area contributed by atoms with Crippen molar-refractivity contribution in [3.63, 3.8) is 0 Å². The highest BCUT2D eigenvalue weighted by atomic mass is 32.2.